The molecule has 0 nitrogen and oxygen atoms in total. The van der Waals surface area contributed by atoms with E-state index in [0.29, 0.717) is 11.8 Å². The molecule has 2 aliphatic rings. The average molecular weight is 649 g/mol. The molecule has 0 unspecified atom stereocenters. The molecular formula is C16H24HfI2. The Hall–Kier alpha value is 1.29. The Morgan fingerprint density at radius 1 is 0.789 bits per heavy atom. The summed E-state index contributed by atoms with van der Waals surface area (Å²) in [5.74, 6) is 1.43. The molecule has 0 N–H and O–H groups in total. The molecule has 0 aliphatic heterocycles. The van der Waals surface area contributed by atoms with Gasteiger partial charge in [0.1, 0.15) is 0 Å². The van der Waals surface area contributed by atoms with Gasteiger partial charge in [-0.1, -0.05) is 0 Å². The van der Waals surface area contributed by atoms with Crippen molar-refractivity contribution in [2.45, 2.75) is 40.5 Å². The van der Waals surface area contributed by atoms with E-state index in [9.17, 15) is 0 Å². The Labute approximate surface area is 163 Å². The second-order valence-electron chi connectivity index (χ2n) is 5.52. The third-order valence-corrected chi connectivity index (χ3v) is 9.19. The summed E-state index contributed by atoms with van der Waals surface area (Å²) in [7, 11) is 0. The second-order valence-corrected chi connectivity index (χ2v) is 10.8. The Morgan fingerprint density at radius 3 is 1.47 bits per heavy atom. The molecule has 0 fully saturated rings. The predicted octanol–water partition coefficient (Wildman–Crippen LogP) is 6.04. The van der Waals surface area contributed by atoms with Crippen LogP contribution in [-0.4, -0.2) is 0 Å². The van der Waals surface area contributed by atoms with Crippen LogP contribution in [0.25, 0.3) is 0 Å². The first-order valence-electron chi connectivity index (χ1n) is 6.65. The van der Waals surface area contributed by atoms with Crippen LogP contribution in [0, 0.1) is 11.8 Å². The number of hydrogen-bond donors (Lipinski definition) is 0. The predicted molar refractivity (Wildman–Crippen MR) is 102 cm³/mol. The van der Waals surface area contributed by atoms with Gasteiger partial charge < -0.3 is 0 Å². The van der Waals surface area contributed by atoms with Gasteiger partial charge in [0.2, 0.25) is 0 Å². The molecule has 0 saturated carbocycles. The van der Waals surface area contributed by atoms with Crippen LogP contribution in [0.4, 0.5) is 0 Å². The third-order valence-electron chi connectivity index (χ3n) is 3.48. The van der Waals surface area contributed by atoms with Crippen LogP contribution >= 0.6 is 48.0 Å². The first-order chi connectivity index (χ1) is 8.09. The van der Waals surface area contributed by atoms with Gasteiger partial charge in [0, 0.05) is 0 Å². The summed E-state index contributed by atoms with van der Waals surface area (Å²) in [6, 6.07) is 0. The van der Waals surface area contributed by atoms with E-state index in [-0.39, 0.29) is 48.0 Å². The van der Waals surface area contributed by atoms with Crippen LogP contribution in [0.2, 0.25) is 0 Å². The molecule has 0 saturated heterocycles. The zero-order chi connectivity index (χ0) is 12.4. The molecular weight excluding hydrogens is 624 g/mol. The SMILES string of the molecule is CC(C)C1=[C]([Hf][C]2=C(C(C)C)C=CC2)CC=C1.I.I. The molecule has 0 amide bonds. The van der Waals surface area contributed by atoms with Crippen LogP contribution in [0.1, 0.15) is 40.5 Å². The molecule has 0 aromatic carbocycles. The van der Waals surface area contributed by atoms with Crippen molar-refractivity contribution in [3.8, 4) is 0 Å². The number of rotatable bonds is 4. The molecule has 19 heavy (non-hydrogen) atoms. The molecule has 0 aromatic rings. The van der Waals surface area contributed by atoms with Gasteiger partial charge in [-0.05, 0) is 0 Å². The van der Waals surface area contributed by atoms with E-state index in [2.05, 4.69) is 52.0 Å². The van der Waals surface area contributed by atoms with E-state index in [0.717, 1.165) is 0 Å². The van der Waals surface area contributed by atoms with Crippen molar-refractivity contribution in [1.29, 1.82) is 0 Å². The van der Waals surface area contributed by atoms with Crippen LogP contribution in [0.5, 0.6) is 0 Å². The van der Waals surface area contributed by atoms with E-state index >= 15 is 0 Å². The summed E-state index contributed by atoms with van der Waals surface area (Å²) in [4.78, 5) is 0. The van der Waals surface area contributed by atoms with Crippen LogP contribution in [-0.2, 0) is 22.9 Å². The van der Waals surface area contributed by atoms with E-state index in [1.165, 1.54) is 12.8 Å². The molecule has 2 rings (SSSR count). The van der Waals surface area contributed by atoms with Crippen molar-refractivity contribution in [2.75, 3.05) is 0 Å². The Bertz CT molecular complexity index is 386. The van der Waals surface area contributed by atoms with Gasteiger partial charge in [-0.2, -0.15) is 0 Å². The van der Waals surface area contributed by atoms with Crippen molar-refractivity contribution < 1.29 is 22.9 Å². The molecule has 0 radical (unpaired) electrons. The van der Waals surface area contributed by atoms with Crippen molar-refractivity contribution in [3.05, 3.63) is 42.1 Å². The zero-order valence-corrected chi connectivity index (χ0v) is 20.4. The smallest absolute Gasteiger partial charge is 0.107 e. The average Bonchev–Trinajstić information content (AvgIpc) is 2.86. The Morgan fingerprint density at radius 2 is 1.16 bits per heavy atom. The van der Waals surface area contributed by atoms with E-state index in [1.54, 1.807) is 11.1 Å². The third kappa shape index (κ3) is 5.20. The van der Waals surface area contributed by atoms with Crippen LogP contribution in [0.3, 0.4) is 0 Å². The van der Waals surface area contributed by atoms with E-state index in [1.807, 2.05) is 6.66 Å². The zero-order valence-electron chi connectivity index (χ0n) is 12.2. The molecule has 0 bridgehead atoms. The van der Waals surface area contributed by atoms with E-state index in [4.69, 9.17) is 0 Å². The fourth-order valence-corrected chi connectivity index (χ4v) is 9.15. The quantitative estimate of drug-likeness (QED) is 0.258. The molecule has 3 heteroatoms. The topological polar surface area (TPSA) is 0 Å². The van der Waals surface area contributed by atoms with Crippen molar-refractivity contribution >= 4 is 48.0 Å². The maximum absolute atomic E-state index is 2.38. The van der Waals surface area contributed by atoms with Gasteiger partial charge in [-0.15, -0.1) is 48.0 Å². The molecule has 2 aliphatic carbocycles. The summed E-state index contributed by atoms with van der Waals surface area (Å²) < 4.78 is 3.69. The van der Waals surface area contributed by atoms with Crippen molar-refractivity contribution in [2.24, 2.45) is 11.8 Å². The number of hydrogen-bond acceptors (Lipinski definition) is 0. The first-order valence-corrected chi connectivity index (χ1v) is 10.2. The fourth-order valence-electron chi connectivity index (χ4n) is 2.55. The summed E-state index contributed by atoms with van der Waals surface area (Å²) in [6.45, 7) is 9.33. The van der Waals surface area contributed by atoms with Gasteiger partial charge in [0.25, 0.3) is 0 Å². The molecule has 0 aromatic heterocycles. The largest absolute Gasteiger partial charge is 0.107 e. The minimum absolute atomic E-state index is 0. The Balaban J connectivity index is 0.00000162. The summed E-state index contributed by atoms with van der Waals surface area (Å²) in [5, 5.41) is 0. The minimum atomic E-state index is -0.733. The minimum Gasteiger partial charge on any atom is -0.107 e. The second kappa shape index (κ2) is 9.34. The summed E-state index contributed by atoms with van der Waals surface area (Å²) >= 11 is -0.733. The normalized spacial score (nSPS) is 17.4. The monoisotopic (exact) mass is 650 g/mol. The van der Waals surface area contributed by atoms with Crippen LogP contribution in [0.15, 0.2) is 42.1 Å². The van der Waals surface area contributed by atoms with Crippen molar-refractivity contribution in [3.63, 3.8) is 0 Å². The number of allylic oxidation sites excluding steroid dienone is 8. The maximum atomic E-state index is 2.38. The fraction of sp³-hybridized carbons (Fsp3) is 0.500. The molecule has 0 spiro atoms. The van der Waals surface area contributed by atoms with Crippen molar-refractivity contribution in [1.82, 2.24) is 0 Å². The molecule has 0 heterocycles. The molecule has 0 atom stereocenters. The first kappa shape index (κ1) is 20.3. The number of halogens is 2. The summed E-state index contributed by atoms with van der Waals surface area (Å²) in [6.07, 6.45) is 12.0. The van der Waals surface area contributed by atoms with E-state index < -0.39 is 22.9 Å². The van der Waals surface area contributed by atoms with Gasteiger partial charge in [-0.3, -0.25) is 0 Å². The summed E-state index contributed by atoms with van der Waals surface area (Å²) in [5.41, 5.74) is 3.33. The van der Waals surface area contributed by atoms with Gasteiger partial charge >= 0.3 is 117 Å². The van der Waals surface area contributed by atoms with Gasteiger partial charge in [0.15, 0.2) is 0 Å². The Kier molecular flexibility index (Phi) is 9.97. The molecule has 106 valence electrons. The standard InChI is InChI=1S/2C8H11.Hf.2HI/c2*1-7(2)8-5-3-4-6-8;;;/h2*3,5,7H,4H2,1-2H3;;2*1H. The van der Waals surface area contributed by atoms with Crippen LogP contribution < -0.4 is 0 Å². The van der Waals surface area contributed by atoms with Gasteiger partial charge in [-0.25, -0.2) is 0 Å². The maximum Gasteiger partial charge on any atom is -0.107 e. The van der Waals surface area contributed by atoms with Gasteiger partial charge in [0.05, 0.1) is 0 Å².